The lowest BCUT2D eigenvalue weighted by Crippen LogP contribution is -2.05. The number of carboxylic acid groups (broad SMARTS) is 1. The Morgan fingerprint density at radius 2 is 2.23 bits per heavy atom. The minimum Gasteiger partial charge on any atom is -0.478 e. The van der Waals surface area contributed by atoms with Crippen molar-refractivity contribution in [1.82, 2.24) is 0 Å². The highest BCUT2D eigenvalue weighted by molar-refractivity contribution is 5.89. The Balaban J connectivity index is 3.04. The van der Waals surface area contributed by atoms with Gasteiger partial charge >= 0.3 is 5.97 Å². The van der Waals surface area contributed by atoms with E-state index in [2.05, 4.69) is 0 Å². The Morgan fingerprint density at radius 1 is 1.54 bits per heavy atom. The maximum atomic E-state index is 10.7. The fraction of sp³-hybridized carbons (Fsp3) is 0.300. The van der Waals surface area contributed by atoms with E-state index in [0.29, 0.717) is 12.1 Å². The molecule has 1 rings (SSSR count). The van der Waals surface area contributed by atoms with E-state index < -0.39 is 5.97 Å². The highest BCUT2D eigenvalue weighted by Gasteiger charge is 2.06. The zero-order valence-corrected chi connectivity index (χ0v) is 7.58. The zero-order chi connectivity index (χ0) is 9.84. The fourth-order valence-electron chi connectivity index (χ4n) is 1.22. The van der Waals surface area contributed by atoms with Gasteiger partial charge in [0, 0.05) is 0 Å². The molecular weight excluding hydrogens is 166 g/mol. The summed E-state index contributed by atoms with van der Waals surface area (Å²) in [6.07, 6.45) is 0.723. The lowest BCUT2D eigenvalue weighted by molar-refractivity contribution is 0.0696. The Morgan fingerprint density at radius 3 is 2.77 bits per heavy atom. The number of carbonyl (C=O) groups is 1. The summed E-state index contributed by atoms with van der Waals surface area (Å²) in [5.74, 6) is -0.878. The molecule has 0 radical (unpaired) electrons. The predicted octanol–water partition coefficient (Wildman–Crippen LogP) is 1.19. The van der Waals surface area contributed by atoms with Crippen LogP contribution in [-0.4, -0.2) is 17.6 Å². The van der Waals surface area contributed by atoms with E-state index in [1.807, 2.05) is 12.1 Å². The van der Waals surface area contributed by atoms with Crippen molar-refractivity contribution >= 4 is 5.97 Å². The SMILES string of the molecule is Cc1ccc(CCN)cc1C(=O)O. The molecular formula is C10H13NO2. The molecule has 0 aliphatic rings. The van der Waals surface area contributed by atoms with Gasteiger partial charge in [0.05, 0.1) is 5.56 Å². The van der Waals surface area contributed by atoms with Crippen molar-refractivity contribution in [1.29, 1.82) is 0 Å². The molecule has 0 fully saturated rings. The molecule has 13 heavy (non-hydrogen) atoms. The third-order valence-electron chi connectivity index (χ3n) is 1.97. The van der Waals surface area contributed by atoms with Crippen LogP contribution in [0.4, 0.5) is 0 Å². The van der Waals surface area contributed by atoms with Crippen LogP contribution >= 0.6 is 0 Å². The quantitative estimate of drug-likeness (QED) is 0.732. The summed E-state index contributed by atoms with van der Waals surface area (Å²) in [4.78, 5) is 10.7. The van der Waals surface area contributed by atoms with E-state index in [1.54, 1.807) is 13.0 Å². The molecule has 0 aliphatic heterocycles. The second kappa shape index (κ2) is 4.05. The molecule has 1 aromatic carbocycles. The molecule has 0 spiro atoms. The van der Waals surface area contributed by atoms with Gasteiger partial charge in [0.15, 0.2) is 0 Å². The van der Waals surface area contributed by atoms with E-state index in [0.717, 1.165) is 17.5 Å². The summed E-state index contributed by atoms with van der Waals surface area (Å²) in [5.41, 5.74) is 7.51. The van der Waals surface area contributed by atoms with Gasteiger partial charge in [-0.15, -0.1) is 0 Å². The highest BCUT2D eigenvalue weighted by Crippen LogP contribution is 2.11. The van der Waals surface area contributed by atoms with Gasteiger partial charge in [-0.25, -0.2) is 4.79 Å². The molecule has 0 saturated carbocycles. The van der Waals surface area contributed by atoms with Gasteiger partial charge in [-0.3, -0.25) is 0 Å². The first-order chi connectivity index (χ1) is 6.15. The van der Waals surface area contributed by atoms with Crippen LogP contribution in [0.2, 0.25) is 0 Å². The summed E-state index contributed by atoms with van der Waals surface area (Å²) in [7, 11) is 0. The average molecular weight is 179 g/mol. The molecule has 70 valence electrons. The van der Waals surface area contributed by atoms with Crippen molar-refractivity contribution in [2.75, 3.05) is 6.54 Å². The van der Waals surface area contributed by atoms with Gasteiger partial charge in [0.25, 0.3) is 0 Å². The van der Waals surface area contributed by atoms with Crippen LogP contribution in [0.25, 0.3) is 0 Å². The van der Waals surface area contributed by atoms with Gasteiger partial charge in [0.2, 0.25) is 0 Å². The van der Waals surface area contributed by atoms with Crippen LogP contribution < -0.4 is 5.73 Å². The second-order valence-corrected chi connectivity index (χ2v) is 2.99. The maximum Gasteiger partial charge on any atom is 0.335 e. The van der Waals surface area contributed by atoms with Crippen LogP contribution in [-0.2, 0) is 6.42 Å². The third-order valence-corrected chi connectivity index (χ3v) is 1.97. The molecule has 0 bridgehead atoms. The zero-order valence-electron chi connectivity index (χ0n) is 7.58. The molecule has 0 aliphatic carbocycles. The number of carboxylic acids is 1. The molecule has 0 atom stereocenters. The Bertz CT molecular complexity index is 321. The number of aryl methyl sites for hydroxylation is 1. The van der Waals surface area contributed by atoms with Crippen molar-refractivity contribution < 1.29 is 9.90 Å². The second-order valence-electron chi connectivity index (χ2n) is 2.99. The molecule has 0 saturated heterocycles. The first-order valence-electron chi connectivity index (χ1n) is 4.18. The van der Waals surface area contributed by atoms with Crippen LogP contribution in [0.3, 0.4) is 0 Å². The Labute approximate surface area is 77.2 Å². The first kappa shape index (κ1) is 9.74. The number of hydrogen-bond donors (Lipinski definition) is 2. The van der Waals surface area contributed by atoms with Crippen LogP contribution in [0.1, 0.15) is 21.5 Å². The highest BCUT2D eigenvalue weighted by atomic mass is 16.4. The van der Waals surface area contributed by atoms with Crippen molar-refractivity contribution in [3.8, 4) is 0 Å². The average Bonchev–Trinajstić information content (AvgIpc) is 2.08. The maximum absolute atomic E-state index is 10.7. The van der Waals surface area contributed by atoms with Crippen LogP contribution in [0.5, 0.6) is 0 Å². The standard InChI is InChI=1S/C10H13NO2/c1-7-2-3-8(4-5-11)6-9(7)10(12)13/h2-3,6H,4-5,11H2,1H3,(H,12,13). The third kappa shape index (κ3) is 2.29. The monoisotopic (exact) mass is 179 g/mol. The number of benzene rings is 1. The lowest BCUT2D eigenvalue weighted by Gasteiger charge is -2.03. The normalized spacial score (nSPS) is 10.0. The van der Waals surface area contributed by atoms with Crippen molar-refractivity contribution in [2.24, 2.45) is 5.73 Å². The molecule has 3 nitrogen and oxygen atoms in total. The van der Waals surface area contributed by atoms with Crippen molar-refractivity contribution in [2.45, 2.75) is 13.3 Å². The van der Waals surface area contributed by atoms with E-state index in [-0.39, 0.29) is 0 Å². The molecule has 1 aromatic rings. The van der Waals surface area contributed by atoms with E-state index >= 15 is 0 Å². The molecule has 3 heteroatoms. The molecule has 3 N–H and O–H groups in total. The number of aromatic carboxylic acids is 1. The summed E-state index contributed by atoms with van der Waals surface area (Å²) in [5, 5.41) is 8.83. The van der Waals surface area contributed by atoms with Gasteiger partial charge < -0.3 is 10.8 Å². The van der Waals surface area contributed by atoms with Crippen LogP contribution in [0.15, 0.2) is 18.2 Å². The summed E-state index contributed by atoms with van der Waals surface area (Å²) in [6, 6.07) is 5.41. The number of hydrogen-bond acceptors (Lipinski definition) is 2. The van der Waals surface area contributed by atoms with Gasteiger partial charge in [-0.1, -0.05) is 12.1 Å². The van der Waals surface area contributed by atoms with Crippen molar-refractivity contribution in [3.63, 3.8) is 0 Å². The predicted molar refractivity (Wildman–Crippen MR) is 50.9 cm³/mol. The minimum absolute atomic E-state index is 0.367. The molecule has 0 unspecified atom stereocenters. The van der Waals surface area contributed by atoms with E-state index in [9.17, 15) is 4.79 Å². The molecule has 0 amide bonds. The van der Waals surface area contributed by atoms with Gasteiger partial charge in [-0.2, -0.15) is 0 Å². The fourth-order valence-corrected chi connectivity index (χ4v) is 1.22. The molecule has 0 heterocycles. The van der Waals surface area contributed by atoms with Crippen LogP contribution in [0, 0.1) is 6.92 Å². The smallest absolute Gasteiger partial charge is 0.335 e. The van der Waals surface area contributed by atoms with E-state index in [4.69, 9.17) is 10.8 Å². The van der Waals surface area contributed by atoms with Crippen molar-refractivity contribution in [3.05, 3.63) is 34.9 Å². The number of rotatable bonds is 3. The summed E-state index contributed by atoms with van der Waals surface area (Å²) in [6.45, 7) is 2.33. The molecule has 0 aromatic heterocycles. The Hall–Kier alpha value is -1.35. The Kier molecular flexibility index (Phi) is 3.03. The lowest BCUT2D eigenvalue weighted by atomic mass is 10.0. The first-order valence-corrected chi connectivity index (χ1v) is 4.18. The van der Waals surface area contributed by atoms with E-state index in [1.165, 1.54) is 0 Å². The summed E-state index contributed by atoms with van der Waals surface area (Å²) >= 11 is 0. The van der Waals surface area contributed by atoms with Gasteiger partial charge in [-0.05, 0) is 37.1 Å². The largest absolute Gasteiger partial charge is 0.478 e. The summed E-state index contributed by atoms with van der Waals surface area (Å²) < 4.78 is 0. The minimum atomic E-state index is -0.878. The topological polar surface area (TPSA) is 63.3 Å². The van der Waals surface area contributed by atoms with Gasteiger partial charge in [0.1, 0.15) is 0 Å². The number of nitrogens with two attached hydrogens (primary N) is 1.